The number of hydrogen-bond donors (Lipinski definition) is 1. The molecule has 9 heteroatoms. The highest BCUT2D eigenvalue weighted by Gasteiger charge is 2.21. The zero-order chi connectivity index (χ0) is 18.0. The number of esters is 1. The van der Waals surface area contributed by atoms with Crippen molar-refractivity contribution in [2.24, 2.45) is 0 Å². The SMILES string of the molecule is Nc1c(I)cc(I)c(C(=O)OCC(=O)c2ccc(Cl)cc2Cl)c1I. The summed E-state index contributed by atoms with van der Waals surface area (Å²) in [7, 11) is 0. The minimum Gasteiger partial charge on any atom is -0.454 e. The predicted molar refractivity (Wildman–Crippen MR) is 120 cm³/mol. The molecule has 0 spiro atoms. The van der Waals surface area contributed by atoms with E-state index in [0.717, 1.165) is 3.57 Å². The van der Waals surface area contributed by atoms with E-state index in [4.69, 9.17) is 33.7 Å². The summed E-state index contributed by atoms with van der Waals surface area (Å²) in [6, 6.07) is 6.29. The van der Waals surface area contributed by atoms with Crippen LogP contribution in [-0.2, 0) is 4.74 Å². The van der Waals surface area contributed by atoms with Gasteiger partial charge in [-0.15, -0.1) is 0 Å². The first kappa shape index (κ1) is 20.5. The first-order chi connectivity index (χ1) is 11.2. The molecule has 0 aliphatic rings. The Balaban J connectivity index is 2.17. The normalized spacial score (nSPS) is 10.5. The van der Waals surface area contributed by atoms with Crippen LogP contribution in [0.25, 0.3) is 0 Å². The molecule has 2 aromatic carbocycles. The molecule has 0 fully saturated rings. The molecule has 0 amide bonds. The van der Waals surface area contributed by atoms with Crippen LogP contribution in [0, 0.1) is 10.7 Å². The minimum atomic E-state index is -0.606. The van der Waals surface area contributed by atoms with Gasteiger partial charge in [0, 0.05) is 17.7 Å². The molecule has 2 aromatic rings. The molecule has 0 aliphatic heterocycles. The molecule has 0 aliphatic carbocycles. The minimum absolute atomic E-state index is 0.214. The highest BCUT2D eigenvalue weighted by Crippen LogP contribution is 2.30. The highest BCUT2D eigenvalue weighted by atomic mass is 127. The van der Waals surface area contributed by atoms with Gasteiger partial charge in [0.1, 0.15) is 0 Å². The van der Waals surface area contributed by atoms with Gasteiger partial charge in [0.15, 0.2) is 6.61 Å². The van der Waals surface area contributed by atoms with E-state index in [-0.39, 0.29) is 10.6 Å². The van der Waals surface area contributed by atoms with Gasteiger partial charge in [-0.2, -0.15) is 0 Å². The van der Waals surface area contributed by atoms with Gasteiger partial charge < -0.3 is 10.5 Å². The van der Waals surface area contributed by atoms with E-state index in [1.165, 1.54) is 12.1 Å². The van der Waals surface area contributed by atoms with E-state index in [0.29, 0.717) is 23.4 Å². The number of hydrogen-bond acceptors (Lipinski definition) is 4. The van der Waals surface area contributed by atoms with Crippen molar-refractivity contribution in [2.75, 3.05) is 12.3 Å². The molecule has 0 saturated heterocycles. The third-order valence-electron chi connectivity index (χ3n) is 2.98. The highest BCUT2D eigenvalue weighted by molar-refractivity contribution is 14.1. The molecular weight excluding hydrogens is 694 g/mol. The molecule has 0 radical (unpaired) electrons. The molecule has 126 valence electrons. The second-order valence-corrected chi connectivity index (χ2v) is 8.81. The standard InChI is InChI=1S/C15H8Cl2I3NO3/c16-6-1-2-7(8(17)3-6)11(22)5-24-15(23)12-9(18)4-10(19)14(21)13(12)20/h1-4H,5,21H2. The number of anilines is 1. The Kier molecular flexibility index (Phi) is 7.41. The molecule has 0 aromatic heterocycles. The van der Waals surface area contributed by atoms with Crippen molar-refractivity contribution in [3.63, 3.8) is 0 Å². The van der Waals surface area contributed by atoms with Crippen molar-refractivity contribution in [3.05, 3.63) is 56.1 Å². The largest absolute Gasteiger partial charge is 0.454 e. The molecule has 0 heterocycles. The predicted octanol–water partition coefficient (Wildman–Crippen LogP) is 5.43. The van der Waals surface area contributed by atoms with Gasteiger partial charge in [0.25, 0.3) is 0 Å². The monoisotopic (exact) mass is 701 g/mol. The second kappa shape index (κ2) is 8.69. The maximum atomic E-state index is 12.3. The Morgan fingerprint density at radius 2 is 1.75 bits per heavy atom. The lowest BCUT2D eigenvalue weighted by Gasteiger charge is -2.11. The second-order valence-electron chi connectivity index (χ2n) is 4.57. The topological polar surface area (TPSA) is 69.4 Å². The summed E-state index contributed by atoms with van der Waals surface area (Å²) in [4.78, 5) is 24.5. The van der Waals surface area contributed by atoms with E-state index in [9.17, 15) is 9.59 Å². The van der Waals surface area contributed by atoms with Crippen molar-refractivity contribution in [1.29, 1.82) is 0 Å². The first-order valence-electron chi connectivity index (χ1n) is 6.30. The van der Waals surface area contributed by atoms with E-state index >= 15 is 0 Å². The lowest BCUT2D eigenvalue weighted by atomic mass is 10.1. The van der Waals surface area contributed by atoms with Gasteiger partial charge in [-0.25, -0.2) is 4.79 Å². The fourth-order valence-electron chi connectivity index (χ4n) is 1.79. The maximum absolute atomic E-state index is 12.3. The fourth-order valence-corrected chi connectivity index (χ4v) is 6.11. The van der Waals surface area contributed by atoms with Crippen molar-refractivity contribution >= 4 is 108 Å². The van der Waals surface area contributed by atoms with Crippen LogP contribution in [0.15, 0.2) is 24.3 Å². The molecule has 2 N–H and O–H groups in total. The number of carbonyl (C=O) groups is 2. The molecular formula is C15H8Cl2I3NO3. The quantitative estimate of drug-likeness (QED) is 0.200. The number of nitrogen functional groups attached to an aromatic ring is 1. The zero-order valence-electron chi connectivity index (χ0n) is 11.7. The van der Waals surface area contributed by atoms with Crippen molar-refractivity contribution in [2.45, 2.75) is 0 Å². The maximum Gasteiger partial charge on any atom is 0.340 e. The number of rotatable bonds is 4. The number of ketones is 1. The Hall–Kier alpha value is 0.150. The average Bonchev–Trinajstić information content (AvgIpc) is 2.50. The average molecular weight is 702 g/mol. The van der Waals surface area contributed by atoms with Crippen LogP contribution in [0.4, 0.5) is 5.69 Å². The van der Waals surface area contributed by atoms with Gasteiger partial charge in [0.05, 0.1) is 19.8 Å². The summed E-state index contributed by atoms with van der Waals surface area (Å²) in [6.45, 7) is -0.418. The summed E-state index contributed by atoms with van der Waals surface area (Å²) in [5.74, 6) is -1.01. The van der Waals surface area contributed by atoms with Crippen LogP contribution in [0.1, 0.15) is 20.7 Å². The smallest absolute Gasteiger partial charge is 0.340 e. The third-order valence-corrected chi connectivity index (χ3v) is 6.39. The van der Waals surface area contributed by atoms with E-state index in [1.54, 1.807) is 12.1 Å². The first-order valence-corrected chi connectivity index (χ1v) is 10.3. The van der Waals surface area contributed by atoms with Gasteiger partial charge in [0.2, 0.25) is 5.78 Å². The fraction of sp³-hybridized carbons (Fsp3) is 0.0667. The van der Waals surface area contributed by atoms with Gasteiger partial charge in [-0.3, -0.25) is 4.79 Å². The molecule has 0 bridgehead atoms. The molecule has 0 unspecified atom stereocenters. The molecule has 4 nitrogen and oxygen atoms in total. The van der Waals surface area contributed by atoms with Crippen molar-refractivity contribution in [3.8, 4) is 0 Å². The van der Waals surface area contributed by atoms with Gasteiger partial charge in [-0.1, -0.05) is 23.2 Å². The summed E-state index contributed by atoms with van der Waals surface area (Å²) in [5, 5.41) is 0.637. The molecule has 24 heavy (non-hydrogen) atoms. The molecule has 0 saturated carbocycles. The summed E-state index contributed by atoms with van der Waals surface area (Å²) < 4.78 is 7.30. The zero-order valence-corrected chi connectivity index (χ0v) is 19.7. The van der Waals surface area contributed by atoms with Gasteiger partial charge in [-0.05, 0) is 92.0 Å². The number of carbonyl (C=O) groups excluding carboxylic acids is 2. The number of Topliss-reactive ketones (excluding diaryl/α,β-unsaturated/α-hetero) is 1. The summed E-state index contributed by atoms with van der Waals surface area (Å²) in [5.41, 5.74) is 7.06. The summed E-state index contributed by atoms with van der Waals surface area (Å²) >= 11 is 17.9. The number of benzene rings is 2. The Morgan fingerprint density at radius 3 is 2.38 bits per heavy atom. The van der Waals surface area contributed by atoms with Crippen LogP contribution in [0.3, 0.4) is 0 Å². The molecule has 0 atom stereocenters. The van der Waals surface area contributed by atoms with Crippen LogP contribution in [0.5, 0.6) is 0 Å². The number of halogens is 5. The summed E-state index contributed by atoms with van der Waals surface area (Å²) in [6.07, 6.45) is 0. The lowest BCUT2D eigenvalue weighted by molar-refractivity contribution is 0.0472. The number of nitrogens with two attached hydrogens (primary N) is 1. The Morgan fingerprint density at radius 1 is 1.08 bits per heavy atom. The van der Waals surface area contributed by atoms with Gasteiger partial charge >= 0.3 is 5.97 Å². The third kappa shape index (κ3) is 4.65. The van der Waals surface area contributed by atoms with E-state index in [1.807, 2.05) is 45.2 Å². The van der Waals surface area contributed by atoms with Crippen LogP contribution < -0.4 is 5.73 Å². The van der Waals surface area contributed by atoms with Crippen molar-refractivity contribution < 1.29 is 14.3 Å². The van der Waals surface area contributed by atoms with Crippen LogP contribution >= 0.6 is 91.0 Å². The van der Waals surface area contributed by atoms with Crippen molar-refractivity contribution in [1.82, 2.24) is 0 Å². The van der Waals surface area contributed by atoms with E-state index < -0.39 is 18.4 Å². The van der Waals surface area contributed by atoms with Crippen LogP contribution in [0.2, 0.25) is 10.0 Å². The lowest BCUT2D eigenvalue weighted by Crippen LogP contribution is -2.17. The Labute approximate surface area is 189 Å². The number of ether oxygens (including phenoxy) is 1. The molecule has 2 rings (SSSR count). The van der Waals surface area contributed by atoms with E-state index in [2.05, 4.69) is 22.6 Å². The van der Waals surface area contributed by atoms with Crippen LogP contribution in [-0.4, -0.2) is 18.4 Å². The Bertz CT molecular complexity index is 843.